The molecule has 1 aromatic heterocycles. The van der Waals surface area contributed by atoms with Crippen LogP contribution in [0.1, 0.15) is 22.4 Å². The van der Waals surface area contributed by atoms with Crippen molar-refractivity contribution in [3.05, 3.63) is 53.0 Å². The Morgan fingerprint density at radius 3 is 2.52 bits per heavy atom. The number of fused-ring (bicyclic) bond motifs is 1. The number of hydrogen-bond acceptors (Lipinski definition) is 6. The number of nitrogens with zero attached hydrogens (tertiary/aromatic N) is 5. The lowest BCUT2D eigenvalue weighted by atomic mass is 10.0. The summed E-state index contributed by atoms with van der Waals surface area (Å²) in [5.41, 5.74) is 5.86. The third-order valence-corrected chi connectivity index (χ3v) is 6.22. The molecule has 1 fully saturated rings. The van der Waals surface area contributed by atoms with Gasteiger partial charge in [0.05, 0.1) is 19.3 Å². The fraction of sp³-hybridized carbons (Fsp3) is 0.435. The van der Waals surface area contributed by atoms with Crippen molar-refractivity contribution in [1.29, 1.82) is 0 Å². The van der Waals surface area contributed by atoms with Crippen LogP contribution in [0.4, 0.5) is 15.9 Å². The SMILES string of the molecule is C=C(F)C(=O)N1CCN(c2nc(OC)nc3c2CCN(c2cccc(C)c2C)C3)CC1. The van der Waals surface area contributed by atoms with Crippen molar-refractivity contribution in [2.45, 2.75) is 26.8 Å². The summed E-state index contributed by atoms with van der Waals surface area (Å²) in [4.78, 5) is 27.2. The largest absolute Gasteiger partial charge is 0.467 e. The van der Waals surface area contributed by atoms with Gasteiger partial charge in [0.2, 0.25) is 0 Å². The quantitative estimate of drug-likeness (QED) is 0.702. The molecule has 1 amide bonds. The molecule has 0 N–H and O–H groups in total. The van der Waals surface area contributed by atoms with Crippen LogP contribution in [0.2, 0.25) is 0 Å². The Labute approximate surface area is 182 Å². The number of ether oxygens (including phenoxy) is 1. The van der Waals surface area contributed by atoms with Gasteiger partial charge in [0, 0.05) is 44.0 Å². The van der Waals surface area contributed by atoms with Gasteiger partial charge in [-0.05, 0) is 37.5 Å². The topological polar surface area (TPSA) is 61.8 Å². The van der Waals surface area contributed by atoms with Crippen LogP contribution in [0.25, 0.3) is 0 Å². The molecule has 0 radical (unpaired) electrons. The van der Waals surface area contributed by atoms with E-state index in [2.05, 4.69) is 58.4 Å². The van der Waals surface area contributed by atoms with Crippen LogP contribution in [-0.4, -0.2) is 60.6 Å². The fourth-order valence-electron chi connectivity index (χ4n) is 4.32. The average molecular weight is 426 g/mol. The zero-order valence-electron chi connectivity index (χ0n) is 18.3. The number of benzene rings is 1. The Kier molecular flexibility index (Phi) is 5.80. The highest BCUT2D eigenvalue weighted by Gasteiger charge is 2.29. The first kappa shape index (κ1) is 21.1. The maximum atomic E-state index is 13.2. The molecule has 1 saturated heterocycles. The number of hydrogen-bond donors (Lipinski definition) is 0. The van der Waals surface area contributed by atoms with Crippen molar-refractivity contribution in [2.75, 3.05) is 49.6 Å². The van der Waals surface area contributed by atoms with E-state index in [1.54, 1.807) is 7.11 Å². The summed E-state index contributed by atoms with van der Waals surface area (Å²) in [5.74, 6) is -0.694. The zero-order chi connectivity index (χ0) is 22.1. The number of aryl methyl sites for hydroxylation is 1. The Balaban J connectivity index is 1.59. The minimum absolute atomic E-state index is 0.340. The maximum absolute atomic E-state index is 13.2. The summed E-state index contributed by atoms with van der Waals surface area (Å²) < 4.78 is 18.6. The fourth-order valence-corrected chi connectivity index (χ4v) is 4.32. The third-order valence-electron chi connectivity index (χ3n) is 6.22. The first-order chi connectivity index (χ1) is 14.9. The van der Waals surface area contributed by atoms with Crippen molar-refractivity contribution in [3.63, 3.8) is 0 Å². The van der Waals surface area contributed by atoms with E-state index in [1.165, 1.54) is 21.7 Å². The normalized spacial score (nSPS) is 16.2. The molecule has 3 heterocycles. The molecule has 2 aliphatic heterocycles. The molecule has 2 aromatic rings. The van der Waals surface area contributed by atoms with E-state index in [1.807, 2.05) is 0 Å². The molecule has 7 nitrogen and oxygen atoms in total. The van der Waals surface area contributed by atoms with E-state index in [-0.39, 0.29) is 0 Å². The molecule has 31 heavy (non-hydrogen) atoms. The van der Waals surface area contributed by atoms with E-state index in [0.29, 0.717) is 38.7 Å². The van der Waals surface area contributed by atoms with E-state index < -0.39 is 11.7 Å². The number of amides is 1. The van der Waals surface area contributed by atoms with Gasteiger partial charge in [0.1, 0.15) is 5.82 Å². The summed E-state index contributed by atoms with van der Waals surface area (Å²) in [7, 11) is 1.57. The predicted molar refractivity (Wildman–Crippen MR) is 118 cm³/mol. The highest BCUT2D eigenvalue weighted by atomic mass is 19.1. The van der Waals surface area contributed by atoms with Crippen molar-refractivity contribution >= 4 is 17.4 Å². The molecule has 0 bridgehead atoms. The van der Waals surface area contributed by atoms with Gasteiger partial charge < -0.3 is 19.4 Å². The smallest absolute Gasteiger partial charge is 0.318 e. The first-order valence-electron chi connectivity index (χ1n) is 10.5. The van der Waals surface area contributed by atoms with Crippen LogP contribution in [-0.2, 0) is 17.8 Å². The number of carbonyl (C=O) groups is 1. The monoisotopic (exact) mass is 425 g/mol. The minimum Gasteiger partial charge on any atom is -0.467 e. The number of anilines is 2. The average Bonchev–Trinajstić information content (AvgIpc) is 2.79. The first-order valence-corrected chi connectivity index (χ1v) is 10.5. The molecule has 0 spiro atoms. The molecular weight excluding hydrogens is 397 g/mol. The number of methoxy groups -OCH3 is 1. The van der Waals surface area contributed by atoms with Crippen molar-refractivity contribution in [3.8, 4) is 6.01 Å². The second kappa shape index (κ2) is 8.53. The molecule has 4 rings (SSSR count). The molecule has 164 valence electrons. The van der Waals surface area contributed by atoms with Crippen molar-refractivity contribution in [1.82, 2.24) is 14.9 Å². The van der Waals surface area contributed by atoms with Gasteiger partial charge in [-0.3, -0.25) is 4.79 Å². The highest BCUT2D eigenvalue weighted by Crippen LogP contribution is 2.33. The number of halogens is 1. The van der Waals surface area contributed by atoms with Crippen LogP contribution in [0.5, 0.6) is 6.01 Å². The summed E-state index contributed by atoms with van der Waals surface area (Å²) in [5, 5.41) is 0. The van der Waals surface area contributed by atoms with Crippen LogP contribution in [0.15, 0.2) is 30.6 Å². The number of piperazine rings is 1. The molecule has 0 aliphatic carbocycles. The van der Waals surface area contributed by atoms with Gasteiger partial charge >= 0.3 is 6.01 Å². The molecule has 2 aliphatic rings. The Hall–Kier alpha value is -3.16. The third kappa shape index (κ3) is 4.06. The molecule has 0 atom stereocenters. The van der Waals surface area contributed by atoms with Gasteiger partial charge in [0.15, 0.2) is 5.83 Å². The van der Waals surface area contributed by atoms with Crippen LogP contribution in [0, 0.1) is 13.8 Å². The van der Waals surface area contributed by atoms with Gasteiger partial charge in [0.25, 0.3) is 5.91 Å². The van der Waals surface area contributed by atoms with Gasteiger partial charge in [-0.15, -0.1) is 0 Å². The molecule has 0 unspecified atom stereocenters. The van der Waals surface area contributed by atoms with Gasteiger partial charge in [-0.1, -0.05) is 18.7 Å². The van der Waals surface area contributed by atoms with Crippen LogP contribution >= 0.6 is 0 Å². The summed E-state index contributed by atoms with van der Waals surface area (Å²) in [6.07, 6.45) is 0.822. The van der Waals surface area contributed by atoms with Gasteiger partial charge in [-0.25, -0.2) is 4.39 Å². The summed E-state index contributed by atoms with van der Waals surface area (Å²) in [6, 6.07) is 6.71. The van der Waals surface area contributed by atoms with E-state index in [0.717, 1.165) is 30.0 Å². The van der Waals surface area contributed by atoms with E-state index in [9.17, 15) is 9.18 Å². The Morgan fingerprint density at radius 1 is 1.10 bits per heavy atom. The van der Waals surface area contributed by atoms with Crippen molar-refractivity contribution in [2.24, 2.45) is 0 Å². The molecular formula is C23H28FN5O2. The van der Waals surface area contributed by atoms with E-state index in [4.69, 9.17) is 4.74 Å². The van der Waals surface area contributed by atoms with E-state index >= 15 is 0 Å². The Morgan fingerprint density at radius 2 is 1.84 bits per heavy atom. The number of aromatic nitrogens is 2. The van der Waals surface area contributed by atoms with Crippen molar-refractivity contribution < 1.29 is 13.9 Å². The number of rotatable bonds is 4. The number of carbonyl (C=O) groups excluding carboxylic acids is 1. The minimum atomic E-state index is -0.916. The predicted octanol–water partition coefficient (Wildman–Crippen LogP) is 2.80. The summed E-state index contributed by atoms with van der Waals surface area (Å²) in [6.45, 7) is 11.0. The standard InChI is InChI=1S/C23H28FN5O2/c1-15-6-5-7-20(16(15)2)29-9-8-18-19(14-29)25-23(31-4)26-21(18)27-10-12-28(13-11-27)22(30)17(3)24/h5-7H,3,8-14H2,1-2,4H3. The lowest BCUT2D eigenvalue weighted by Gasteiger charge is -2.38. The molecule has 1 aromatic carbocycles. The van der Waals surface area contributed by atoms with Crippen LogP contribution < -0.4 is 14.5 Å². The van der Waals surface area contributed by atoms with Crippen LogP contribution in [0.3, 0.4) is 0 Å². The second-order valence-corrected chi connectivity index (χ2v) is 8.03. The highest BCUT2D eigenvalue weighted by molar-refractivity contribution is 5.90. The van der Waals surface area contributed by atoms with Gasteiger partial charge in [-0.2, -0.15) is 9.97 Å². The lowest BCUT2D eigenvalue weighted by Crippen LogP contribution is -2.49. The Bertz CT molecular complexity index is 1020. The molecule has 8 heteroatoms. The second-order valence-electron chi connectivity index (χ2n) is 8.03. The lowest BCUT2D eigenvalue weighted by molar-refractivity contribution is -0.128. The zero-order valence-corrected chi connectivity index (χ0v) is 18.3. The summed E-state index contributed by atoms with van der Waals surface area (Å²) >= 11 is 0. The maximum Gasteiger partial charge on any atom is 0.318 e. The molecule has 0 saturated carbocycles.